The van der Waals surface area contributed by atoms with E-state index in [-0.39, 0.29) is 5.41 Å². The van der Waals surface area contributed by atoms with Gasteiger partial charge in [0.1, 0.15) is 0 Å². The summed E-state index contributed by atoms with van der Waals surface area (Å²) >= 11 is 0. The highest BCUT2D eigenvalue weighted by Crippen LogP contribution is 2.36. The zero-order valence-electron chi connectivity index (χ0n) is 12.0. The molecule has 2 aliphatic rings. The van der Waals surface area contributed by atoms with Crippen LogP contribution in [-0.4, -0.2) is 45.7 Å². The van der Waals surface area contributed by atoms with Crippen molar-refractivity contribution in [2.24, 2.45) is 5.41 Å². The minimum atomic E-state index is -2.82. The number of sulfone groups is 1. The second-order valence-corrected chi connectivity index (χ2v) is 8.40. The average molecular weight is 289 g/mol. The summed E-state index contributed by atoms with van der Waals surface area (Å²) in [6.45, 7) is 4.49. The SMILES string of the molecule is CCCCOCCC1(CNC2CC2)CCS(=O)(=O)C1. The van der Waals surface area contributed by atoms with Crippen molar-refractivity contribution in [1.82, 2.24) is 5.32 Å². The largest absolute Gasteiger partial charge is 0.381 e. The number of rotatable bonds is 9. The fourth-order valence-electron chi connectivity index (χ4n) is 2.69. The van der Waals surface area contributed by atoms with Gasteiger partial charge in [0, 0.05) is 25.8 Å². The Balaban J connectivity index is 1.79. The van der Waals surface area contributed by atoms with Crippen LogP contribution in [0, 0.1) is 5.41 Å². The van der Waals surface area contributed by atoms with Crippen LogP contribution < -0.4 is 5.32 Å². The van der Waals surface area contributed by atoms with E-state index in [2.05, 4.69) is 12.2 Å². The minimum absolute atomic E-state index is 0.0758. The van der Waals surface area contributed by atoms with Crippen molar-refractivity contribution < 1.29 is 13.2 Å². The molecule has 2 rings (SSSR count). The first-order valence-electron chi connectivity index (χ1n) is 7.57. The highest BCUT2D eigenvalue weighted by atomic mass is 32.2. The smallest absolute Gasteiger partial charge is 0.150 e. The molecule has 1 aliphatic heterocycles. The van der Waals surface area contributed by atoms with E-state index in [1.165, 1.54) is 12.8 Å². The Labute approximate surface area is 117 Å². The van der Waals surface area contributed by atoms with Crippen molar-refractivity contribution in [3.05, 3.63) is 0 Å². The standard InChI is InChI=1S/C14H27NO3S/c1-2-3-8-18-9-6-14(11-15-13-4-5-13)7-10-19(16,17)12-14/h13,15H,2-12H2,1H3. The van der Waals surface area contributed by atoms with Crippen LogP contribution in [0.5, 0.6) is 0 Å². The van der Waals surface area contributed by atoms with E-state index >= 15 is 0 Å². The summed E-state index contributed by atoms with van der Waals surface area (Å²) in [5.74, 6) is 0.700. The van der Waals surface area contributed by atoms with E-state index in [4.69, 9.17) is 4.74 Å². The molecular weight excluding hydrogens is 262 g/mol. The molecule has 1 N–H and O–H groups in total. The molecule has 5 heteroatoms. The monoisotopic (exact) mass is 289 g/mol. The summed E-state index contributed by atoms with van der Waals surface area (Å²) < 4.78 is 29.2. The van der Waals surface area contributed by atoms with Crippen molar-refractivity contribution >= 4 is 9.84 Å². The Kier molecular flexibility index (Phi) is 5.26. The molecule has 1 aliphatic carbocycles. The van der Waals surface area contributed by atoms with Crippen LogP contribution in [0.2, 0.25) is 0 Å². The van der Waals surface area contributed by atoms with Gasteiger partial charge < -0.3 is 10.1 Å². The zero-order chi connectivity index (χ0) is 13.8. The molecule has 1 unspecified atom stereocenters. The number of ether oxygens (including phenoxy) is 1. The Bertz CT molecular complexity index is 378. The van der Waals surface area contributed by atoms with E-state index in [9.17, 15) is 8.42 Å². The van der Waals surface area contributed by atoms with Gasteiger partial charge in [-0.05, 0) is 37.5 Å². The van der Waals surface area contributed by atoms with Crippen LogP contribution in [0.4, 0.5) is 0 Å². The maximum atomic E-state index is 11.8. The number of hydrogen-bond donors (Lipinski definition) is 1. The van der Waals surface area contributed by atoms with E-state index in [1.807, 2.05) is 0 Å². The third-order valence-electron chi connectivity index (χ3n) is 4.23. The van der Waals surface area contributed by atoms with Crippen LogP contribution in [-0.2, 0) is 14.6 Å². The second kappa shape index (κ2) is 6.55. The molecule has 1 heterocycles. The summed E-state index contributed by atoms with van der Waals surface area (Å²) in [5.41, 5.74) is -0.0758. The quantitative estimate of drug-likeness (QED) is 0.657. The molecule has 2 fully saturated rings. The fraction of sp³-hybridized carbons (Fsp3) is 1.00. The first-order valence-corrected chi connectivity index (χ1v) is 9.39. The molecule has 19 heavy (non-hydrogen) atoms. The topological polar surface area (TPSA) is 55.4 Å². The normalized spacial score (nSPS) is 29.7. The van der Waals surface area contributed by atoms with Crippen molar-refractivity contribution in [3.8, 4) is 0 Å². The third-order valence-corrected chi connectivity index (χ3v) is 6.11. The molecule has 1 atom stereocenters. The van der Waals surface area contributed by atoms with Crippen molar-refractivity contribution in [3.63, 3.8) is 0 Å². The van der Waals surface area contributed by atoms with Crippen LogP contribution in [0.3, 0.4) is 0 Å². The predicted octanol–water partition coefficient (Wildman–Crippen LogP) is 1.75. The first kappa shape index (κ1) is 15.3. The number of nitrogens with one attached hydrogen (secondary N) is 1. The van der Waals surface area contributed by atoms with Gasteiger partial charge in [-0.1, -0.05) is 13.3 Å². The van der Waals surface area contributed by atoms with Gasteiger partial charge in [0.25, 0.3) is 0 Å². The van der Waals surface area contributed by atoms with Crippen molar-refractivity contribution in [2.45, 2.75) is 51.5 Å². The van der Waals surface area contributed by atoms with E-state index < -0.39 is 9.84 Å². The molecule has 112 valence electrons. The lowest BCUT2D eigenvalue weighted by Gasteiger charge is -2.28. The number of unbranched alkanes of at least 4 members (excludes halogenated alkanes) is 1. The van der Waals surface area contributed by atoms with Gasteiger partial charge in [0.2, 0.25) is 0 Å². The molecule has 0 aromatic heterocycles. The molecule has 4 nitrogen and oxygen atoms in total. The summed E-state index contributed by atoms with van der Waals surface area (Å²) in [7, 11) is -2.82. The minimum Gasteiger partial charge on any atom is -0.381 e. The summed E-state index contributed by atoms with van der Waals surface area (Å²) in [6, 6.07) is 0.640. The fourth-order valence-corrected chi connectivity index (χ4v) is 4.91. The van der Waals surface area contributed by atoms with E-state index in [1.54, 1.807) is 0 Å². The maximum Gasteiger partial charge on any atom is 0.150 e. The second-order valence-electron chi connectivity index (χ2n) is 6.21. The Morgan fingerprint density at radius 1 is 1.32 bits per heavy atom. The van der Waals surface area contributed by atoms with Crippen LogP contribution in [0.25, 0.3) is 0 Å². The molecule has 0 aromatic carbocycles. The Morgan fingerprint density at radius 2 is 2.11 bits per heavy atom. The first-order chi connectivity index (χ1) is 9.05. The molecule has 0 bridgehead atoms. The van der Waals surface area contributed by atoms with Gasteiger partial charge in [-0.2, -0.15) is 0 Å². The van der Waals surface area contributed by atoms with Gasteiger partial charge in [0.05, 0.1) is 11.5 Å². The van der Waals surface area contributed by atoms with Gasteiger partial charge in [0.15, 0.2) is 9.84 Å². The highest BCUT2D eigenvalue weighted by Gasteiger charge is 2.42. The molecule has 0 radical (unpaired) electrons. The van der Waals surface area contributed by atoms with Gasteiger partial charge in [-0.25, -0.2) is 8.42 Å². The lowest BCUT2D eigenvalue weighted by atomic mass is 9.84. The number of hydrogen-bond acceptors (Lipinski definition) is 4. The Hall–Kier alpha value is -0.130. The predicted molar refractivity (Wildman–Crippen MR) is 77.1 cm³/mol. The van der Waals surface area contributed by atoms with Crippen molar-refractivity contribution in [2.75, 3.05) is 31.3 Å². The molecule has 1 saturated heterocycles. The summed E-state index contributed by atoms with van der Waals surface area (Å²) in [6.07, 6.45) is 6.39. The van der Waals surface area contributed by atoms with Crippen LogP contribution in [0.15, 0.2) is 0 Å². The highest BCUT2D eigenvalue weighted by molar-refractivity contribution is 7.91. The summed E-state index contributed by atoms with van der Waals surface area (Å²) in [4.78, 5) is 0. The lowest BCUT2D eigenvalue weighted by molar-refractivity contribution is 0.0977. The Morgan fingerprint density at radius 3 is 2.68 bits per heavy atom. The van der Waals surface area contributed by atoms with Gasteiger partial charge in [-0.15, -0.1) is 0 Å². The van der Waals surface area contributed by atoms with Gasteiger partial charge >= 0.3 is 0 Å². The molecule has 0 aromatic rings. The van der Waals surface area contributed by atoms with E-state index in [0.29, 0.717) is 24.2 Å². The molecular formula is C14H27NO3S. The van der Waals surface area contributed by atoms with Gasteiger partial charge in [-0.3, -0.25) is 0 Å². The zero-order valence-corrected chi connectivity index (χ0v) is 12.8. The lowest BCUT2D eigenvalue weighted by Crippen LogP contribution is -2.37. The van der Waals surface area contributed by atoms with Crippen molar-refractivity contribution in [1.29, 1.82) is 0 Å². The van der Waals surface area contributed by atoms with Crippen LogP contribution >= 0.6 is 0 Å². The third kappa shape index (κ3) is 5.04. The maximum absolute atomic E-state index is 11.8. The molecule has 0 amide bonds. The molecule has 1 saturated carbocycles. The summed E-state index contributed by atoms with van der Waals surface area (Å²) in [5, 5.41) is 3.51. The molecule has 0 spiro atoms. The average Bonchev–Trinajstić information content (AvgIpc) is 3.13. The van der Waals surface area contributed by atoms with E-state index in [0.717, 1.165) is 38.8 Å². The van der Waals surface area contributed by atoms with Crippen LogP contribution in [0.1, 0.15) is 45.4 Å².